The number of carbonyl (C=O) groups excluding carboxylic acids is 1. The number of aryl methyl sites for hydroxylation is 1. The Kier molecular flexibility index (Phi) is 4.10. The van der Waals surface area contributed by atoms with E-state index in [0.717, 1.165) is 11.3 Å². The molecule has 0 bridgehead atoms. The maximum absolute atomic E-state index is 12.7. The first kappa shape index (κ1) is 17.5. The zero-order valence-electron chi connectivity index (χ0n) is 14.8. The summed E-state index contributed by atoms with van der Waals surface area (Å²) in [7, 11) is -3.78. The van der Waals surface area contributed by atoms with Crippen LogP contribution in [0.1, 0.15) is 33.3 Å². The predicted octanol–water partition coefficient (Wildman–Crippen LogP) is 2.35. The van der Waals surface area contributed by atoms with E-state index in [4.69, 9.17) is 0 Å². The van der Waals surface area contributed by atoms with Crippen molar-refractivity contribution >= 4 is 27.4 Å². The number of carbonyl (C=O) groups is 1. The molecule has 0 atom stereocenters. The Hall–Kier alpha value is -2.35. The molecule has 25 heavy (non-hydrogen) atoms. The van der Waals surface area contributed by atoms with Gasteiger partial charge in [0.1, 0.15) is 0 Å². The Bertz CT molecular complexity index is 931. The molecule has 1 N–H and O–H groups in total. The summed E-state index contributed by atoms with van der Waals surface area (Å²) in [5, 5.41) is 4.14. The molecule has 3 rings (SSSR count). The van der Waals surface area contributed by atoms with Crippen LogP contribution in [0.4, 0.5) is 11.5 Å². The number of amides is 1. The minimum atomic E-state index is -3.78. The van der Waals surface area contributed by atoms with E-state index in [9.17, 15) is 13.2 Å². The normalized spacial score (nSPS) is 16.2. The van der Waals surface area contributed by atoms with Crippen LogP contribution in [0.3, 0.4) is 0 Å². The van der Waals surface area contributed by atoms with E-state index in [-0.39, 0.29) is 16.6 Å². The first-order valence-corrected chi connectivity index (χ1v) is 9.71. The lowest BCUT2D eigenvalue weighted by Gasteiger charge is -2.18. The maximum Gasteiger partial charge on any atom is 0.263 e. The average molecular weight is 362 g/mol. The van der Waals surface area contributed by atoms with Crippen LogP contribution in [0.25, 0.3) is 0 Å². The Morgan fingerprint density at radius 1 is 1.16 bits per heavy atom. The highest BCUT2D eigenvalue weighted by Crippen LogP contribution is 2.42. The molecule has 2 heterocycles. The molecule has 0 unspecified atom stereocenters. The molecule has 1 amide bonds. The number of hydrogen-bond acceptors (Lipinski definition) is 4. The molecule has 8 heteroatoms. The van der Waals surface area contributed by atoms with Crippen molar-refractivity contribution < 1.29 is 13.2 Å². The molecule has 134 valence electrons. The van der Waals surface area contributed by atoms with Crippen molar-refractivity contribution in [3.05, 3.63) is 36.0 Å². The van der Waals surface area contributed by atoms with Crippen molar-refractivity contribution in [2.24, 2.45) is 0 Å². The summed E-state index contributed by atoms with van der Waals surface area (Å²) in [5.74, 6) is 0.252. The standard InChI is InChI=1S/C17H22N4O3S/c1-5-20-10-9-15(18-20)19-25(23,24)12-7-8-14-13(11-12)17(3,4)16(22)21(14)6-2/h7-11H,5-6H2,1-4H3,(H,18,19). The van der Waals surface area contributed by atoms with Gasteiger partial charge in [-0.25, -0.2) is 8.42 Å². The van der Waals surface area contributed by atoms with Crippen LogP contribution in [-0.4, -0.2) is 30.7 Å². The van der Waals surface area contributed by atoms with E-state index >= 15 is 0 Å². The van der Waals surface area contributed by atoms with Gasteiger partial charge in [-0.3, -0.25) is 14.2 Å². The van der Waals surface area contributed by atoms with Crippen LogP contribution in [0.5, 0.6) is 0 Å². The van der Waals surface area contributed by atoms with E-state index < -0.39 is 15.4 Å². The quantitative estimate of drug-likeness (QED) is 0.885. The molecular formula is C17H22N4O3S. The highest BCUT2D eigenvalue weighted by Gasteiger charge is 2.43. The van der Waals surface area contributed by atoms with Crippen LogP contribution in [0.15, 0.2) is 35.4 Å². The van der Waals surface area contributed by atoms with Crippen molar-refractivity contribution in [1.82, 2.24) is 9.78 Å². The Morgan fingerprint density at radius 2 is 1.88 bits per heavy atom. The van der Waals surface area contributed by atoms with E-state index in [1.807, 2.05) is 27.7 Å². The largest absolute Gasteiger partial charge is 0.312 e. The van der Waals surface area contributed by atoms with Gasteiger partial charge in [0.25, 0.3) is 10.0 Å². The summed E-state index contributed by atoms with van der Waals surface area (Å²) < 4.78 is 29.5. The summed E-state index contributed by atoms with van der Waals surface area (Å²) in [6.07, 6.45) is 1.71. The van der Waals surface area contributed by atoms with Gasteiger partial charge < -0.3 is 4.90 Å². The van der Waals surface area contributed by atoms with E-state index in [1.54, 1.807) is 34.0 Å². The number of nitrogens with one attached hydrogen (secondary N) is 1. The fourth-order valence-corrected chi connectivity index (χ4v) is 4.11. The predicted molar refractivity (Wildman–Crippen MR) is 96.2 cm³/mol. The van der Waals surface area contributed by atoms with Gasteiger partial charge in [-0.1, -0.05) is 0 Å². The number of benzene rings is 1. The number of anilines is 2. The van der Waals surface area contributed by atoms with Gasteiger partial charge in [-0.05, 0) is 51.5 Å². The topological polar surface area (TPSA) is 84.3 Å². The van der Waals surface area contributed by atoms with Crippen molar-refractivity contribution in [1.29, 1.82) is 0 Å². The van der Waals surface area contributed by atoms with Crippen molar-refractivity contribution in [2.45, 2.75) is 44.6 Å². The zero-order chi connectivity index (χ0) is 18.4. The monoisotopic (exact) mass is 362 g/mol. The molecule has 1 aromatic heterocycles. The molecule has 0 saturated heterocycles. The molecule has 2 aromatic rings. The number of aromatic nitrogens is 2. The van der Waals surface area contributed by atoms with Gasteiger partial charge in [-0.2, -0.15) is 5.10 Å². The van der Waals surface area contributed by atoms with Crippen LogP contribution < -0.4 is 9.62 Å². The summed E-state index contributed by atoms with van der Waals surface area (Å²) >= 11 is 0. The fraction of sp³-hybridized carbons (Fsp3) is 0.412. The Labute approximate surface area is 147 Å². The smallest absolute Gasteiger partial charge is 0.263 e. The van der Waals surface area contributed by atoms with Crippen molar-refractivity contribution in [3.8, 4) is 0 Å². The zero-order valence-corrected chi connectivity index (χ0v) is 15.6. The Balaban J connectivity index is 1.99. The summed E-state index contributed by atoms with van der Waals surface area (Å²) in [6.45, 7) is 8.66. The maximum atomic E-state index is 12.7. The van der Waals surface area contributed by atoms with Crippen LogP contribution in [-0.2, 0) is 26.8 Å². The van der Waals surface area contributed by atoms with Crippen LogP contribution >= 0.6 is 0 Å². The average Bonchev–Trinajstić information content (AvgIpc) is 3.08. The molecule has 0 fully saturated rings. The van der Waals surface area contributed by atoms with Gasteiger partial charge >= 0.3 is 0 Å². The molecular weight excluding hydrogens is 340 g/mol. The molecule has 0 radical (unpaired) electrons. The third-order valence-electron chi connectivity index (χ3n) is 4.54. The van der Waals surface area contributed by atoms with Gasteiger partial charge in [0.05, 0.1) is 10.3 Å². The lowest BCUT2D eigenvalue weighted by atomic mass is 9.86. The Morgan fingerprint density at radius 3 is 2.48 bits per heavy atom. The third kappa shape index (κ3) is 2.80. The number of fused-ring (bicyclic) bond motifs is 1. The second kappa shape index (κ2) is 5.87. The first-order valence-electron chi connectivity index (χ1n) is 8.23. The molecule has 1 aromatic carbocycles. The third-order valence-corrected chi connectivity index (χ3v) is 5.89. The molecule has 1 aliphatic rings. The number of likely N-dealkylation sites (N-methyl/N-ethyl adjacent to an activating group) is 1. The molecule has 1 aliphatic heterocycles. The van der Waals surface area contributed by atoms with Gasteiger partial charge in [0.2, 0.25) is 5.91 Å². The highest BCUT2D eigenvalue weighted by atomic mass is 32.2. The summed E-state index contributed by atoms with van der Waals surface area (Å²) in [5.41, 5.74) is 0.744. The second-order valence-corrected chi connectivity index (χ2v) is 8.20. The lowest BCUT2D eigenvalue weighted by molar-refractivity contribution is -0.122. The second-order valence-electron chi connectivity index (χ2n) is 6.52. The SMILES string of the molecule is CCN1C(=O)C(C)(C)c2cc(S(=O)(=O)Nc3ccn(CC)n3)ccc21. The summed E-state index contributed by atoms with van der Waals surface area (Å²) in [6, 6.07) is 6.42. The van der Waals surface area contributed by atoms with Crippen molar-refractivity contribution in [2.75, 3.05) is 16.2 Å². The highest BCUT2D eigenvalue weighted by molar-refractivity contribution is 7.92. The van der Waals surface area contributed by atoms with E-state index in [0.29, 0.717) is 13.1 Å². The van der Waals surface area contributed by atoms with Crippen molar-refractivity contribution in [3.63, 3.8) is 0 Å². The molecule has 7 nitrogen and oxygen atoms in total. The lowest BCUT2D eigenvalue weighted by Crippen LogP contribution is -2.35. The molecule has 0 spiro atoms. The van der Waals surface area contributed by atoms with Crippen LogP contribution in [0, 0.1) is 0 Å². The molecule has 0 saturated carbocycles. The van der Waals surface area contributed by atoms with E-state index in [1.165, 1.54) is 6.07 Å². The number of hydrogen-bond donors (Lipinski definition) is 1. The van der Waals surface area contributed by atoms with Gasteiger partial charge in [0, 0.05) is 31.0 Å². The number of nitrogens with zero attached hydrogens (tertiary/aromatic N) is 3. The van der Waals surface area contributed by atoms with Gasteiger partial charge in [-0.15, -0.1) is 0 Å². The minimum absolute atomic E-state index is 0.0193. The summed E-state index contributed by atoms with van der Waals surface area (Å²) in [4.78, 5) is 14.4. The van der Waals surface area contributed by atoms with Gasteiger partial charge in [0.15, 0.2) is 5.82 Å². The first-order chi connectivity index (χ1) is 11.7. The number of sulfonamides is 1. The number of rotatable bonds is 5. The fourth-order valence-electron chi connectivity index (χ4n) is 3.08. The van der Waals surface area contributed by atoms with Crippen LogP contribution in [0.2, 0.25) is 0 Å². The van der Waals surface area contributed by atoms with E-state index in [2.05, 4.69) is 9.82 Å². The molecule has 0 aliphatic carbocycles. The minimum Gasteiger partial charge on any atom is -0.312 e.